The summed E-state index contributed by atoms with van der Waals surface area (Å²) in [6, 6.07) is 14.4. The lowest BCUT2D eigenvalue weighted by Crippen LogP contribution is -2.33. The minimum absolute atomic E-state index is 0.244. The first kappa shape index (κ1) is 13.5. The third kappa shape index (κ3) is 3.27. The largest absolute Gasteiger partial charge is 0.493 e. The number of benzene rings is 2. The summed E-state index contributed by atoms with van der Waals surface area (Å²) in [6.07, 6.45) is 0. The predicted octanol–water partition coefficient (Wildman–Crippen LogP) is 0.954. The van der Waals surface area contributed by atoms with Gasteiger partial charge in [0.15, 0.2) is 11.5 Å². The van der Waals surface area contributed by atoms with Crippen LogP contribution in [0.3, 0.4) is 0 Å². The van der Waals surface area contributed by atoms with Crippen LogP contribution in [0, 0.1) is 0 Å². The fraction of sp³-hybridized carbons (Fsp3) is 0.143. The van der Waals surface area contributed by atoms with Crippen LogP contribution in [0.4, 0.5) is 0 Å². The average Bonchev–Trinajstić information content (AvgIpc) is 2.45. The summed E-state index contributed by atoms with van der Waals surface area (Å²) in [4.78, 5) is 0. The molecular weight excluding hydrogens is 243 g/mol. The zero-order chi connectivity index (χ0) is 13.7. The minimum Gasteiger partial charge on any atom is -0.493 e. The van der Waals surface area contributed by atoms with Gasteiger partial charge in [0.1, 0.15) is 6.61 Å². The predicted molar refractivity (Wildman–Crippen MR) is 73.6 cm³/mol. The molecule has 0 aliphatic heterocycles. The molecule has 2 aromatic rings. The Kier molecular flexibility index (Phi) is 4.44. The molecule has 0 aromatic heterocycles. The summed E-state index contributed by atoms with van der Waals surface area (Å²) in [6.45, 7) is 0.244. The van der Waals surface area contributed by atoms with E-state index in [0.717, 1.165) is 5.56 Å². The molecule has 0 heterocycles. The third-order valence-electron chi connectivity index (χ3n) is 2.79. The van der Waals surface area contributed by atoms with Crippen molar-refractivity contribution in [2.75, 3.05) is 7.11 Å². The Bertz CT molecular complexity index is 542. The first-order chi connectivity index (χ1) is 9.22. The number of ether oxygens (including phenoxy) is 2. The molecule has 0 aliphatic carbocycles. The quantitative estimate of drug-likeness (QED) is 0.784. The summed E-state index contributed by atoms with van der Waals surface area (Å²) in [5, 5.41) is 18.6. The van der Waals surface area contributed by atoms with Crippen LogP contribution >= 0.6 is 0 Å². The summed E-state index contributed by atoms with van der Waals surface area (Å²) < 4.78 is 10.8. The second kappa shape index (κ2) is 6.27. The van der Waals surface area contributed by atoms with E-state index in [1.807, 2.05) is 24.3 Å². The molecule has 0 unspecified atom stereocenters. The Hall–Kier alpha value is -1.98. The highest BCUT2D eigenvalue weighted by molar-refractivity contribution is 6.59. The molecule has 2 rings (SSSR count). The van der Waals surface area contributed by atoms with E-state index in [1.165, 1.54) is 0 Å². The van der Waals surface area contributed by atoms with Crippen LogP contribution in [-0.2, 0) is 6.61 Å². The van der Waals surface area contributed by atoms with Crippen molar-refractivity contribution in [1.82, 2.24) is 0 Å². The van der Waals surface area contributed by atoms with Gasteiger partial charge in [-0.2, -0.15) is 0 Å². The van der Waals surface area contributed by atoms with E-state index in [-0.39, 0.29) is 6.61 Å². The fourth-order valence-corrected chi connectivity index (χ4v) is 1.81. The first-order valence-electron chi connectivity index (χ1n) is 5.92. The van der Waals surface area contributed by atoms with Crippen LogP contribution in [-0.4, -0.2) is 24.3 Å². The SMILES string of the molecule is COc1ccccc1OCc1ccccc1B(O)O. The maximum absolute atomic E-state index is 9.28. The molecule has 0 aliphatic rings. The Morgan fingerprint density at radius 1 is 0.947 bits per heavy atom. The third-order valence-corrected chi connectivity index (χ3v) is 2.79. The fourth-order valence-electron chi connectivity index (χ4n) is 1.81. The molecule has 98 valence electrons. The van der Waals surface area contributed by atoms with Gasteiger partial charge in [0.25, 0.3) is 0 Å². The van der Waals surface area contributed by atoms with E-state index in [0.29, 0.717) is 17.0 Å². The Labute approximate surface area is 112 Å². The summed E-state index contributed by atoms with van der Waals surface area (Å²) in [7, 11) is 0.0747. The highest BCUT2D eigenvalue weighted by Crippen LogP contribution is 2.26. The molecule has 5 heteroatoms. The van der Waals surface area contributed by atoms with Crippen LogP contribution in [0.5, 0.6) is 11.5 Å². The summed E-state index contributed by atoms with van der Waals surface area (Å²) in [5.74, 6) is 1.26. The zero-order valence-corrected chi connectivity index (χ0v) is 10.6. The molecule has 19 heavy (non-hydrogen) atoms. The molecule has 0 amide bonds. The molecule has 0 radical (unpaired) electrons. The van der Waals surface area contributed by atoms with Gasteiger partial charge in [-0.25, -0.2) is 0 Å². The van der Waals surface area contributed by atoms with Gasteiger partial charge < -0.3 is 19.5 Å². The first-order valence-corrected chi connectivity index (χ1v) is 5.92. The monoisotopic (exact) mass is 258 g/mol. The van der Waals surface area contributed by atoms with Crippen LogP contribution in [0.15, 0.2) is 48.5 Å². The van der Waals surface area contributed by atoms with E-state index in [4.69, 9.17) is 9.47 Å². The number of hydrogen-bond donors (Lipinski definition) is 2. The van der Waals surface area contributed by atoms with Crippen molar-refractivity contribution >= 4 is 12.6 Å². The molecule has 0 saturated carbocycles. The Balaban J connectivity index is 2.15. The van der Waals surface area contributed by atoms with E-state index < -0.39 is 7.12 Å². The molecule has 0 atom stereocenters. The van der Waals surface area contributed by atoms with Gasteiger partial charge in [0.05, 0.1) is 7.11 Å². The topological polar surface area (TPSA) is 58.9 Å². The maximum Gasteiger partial charge on any atom is 0.488 e. The Morgan fingerprint density at radius 3 is 2.26 bits per heavy atom. The molecule has 2 aromatic carbocycles. The number of para-hydroxylation sites is 2. The van der Waals surface area contributed by atoms with Crippen molar-refractivity contribution in [3.8, 4) is 11.5 Å². The zero-order valence-electron chi connectivity index (χ0n) is 10.6. The van der Waals surface area contributed by atoms with Crippen molar-refractivity contribution in [2.24, 2.45) is 0 Å². The van der Waals surface area contributed by atoms with Gasteiger partial charge >= 0.3 is 7.12 Å². The number of rotatable bonds is 5. The molecule has 0 spiro atoms. The van der Waals surface area contributed by atoms with Gasteiger partial charge in [-0.05, 0) is 23.2 Å². The van der Waals surface area contributed by atoms with Crippen LogP contribution < -0.4 is 14.9 Å². The van der Waals surface area contributed by atoms with Gasteiger partial charge in [-0.15, -0.1) is 0 Å². The van der Waals surface area contributed by atoms with Crippen molar-refractivity contribution in [3.63, 3.8) is 0 Å². The van der Waals surface area contributed by atoms with E-state index in [9.17, 15) is 10.0 Å². The van der Waals surface area contributed by atoms with Gasteiger partial charge in [0, 0.05) is 0 Å². The van der Waals surface area contributed by atoms with Gasteiger partial charge in [-0.1, -0.05) is 36.4 Å². The highest BCUT2D eigenvalue weighted by atomic mass is 16.5. The molecular formula is C14H15BO4. The molecule has 4 nitrogen and oxygen atoms in total. The second-order valence-electron chi connectivity index (χ2n) is 4.01. The minimum atomic E-state index is -1.50. The standard InChI is InChI=1S/C14H15BO4/c1-18-13-8-4-5-9-14(13)19-10-11-6-2-3-7-12(11)15(16)17/h2-9,16-17H,10H2,1H3. The van der Waals surface area contributed by atoms with Crippen LogP contribution in [0.2, 0.25) is 0 Å². The Morgan fingerprint density at radius 2 is 1.58 bits per heavy atom. The normalized spacial score (nSPS) is 10.1. The smallest absolute Gasteiger partial charge is 0.488 e. The van der Waals surface area contributed by atoms with Crippen molar-refractivity contribution in [3.05, 3.63) is 54.1 Å². The number of methoxy groups -OCH3 is 1. The van der Waals surface area contributed by atoms with Crippen molar-refractivity contribution < 1.29 is 19.5 Å². The van der Waals surface area contributed by atoms with Crippen LogP contribution in [0.25, 0.3) is 0 Å². The lowest BCUT2D eigenvalue weighted by atomic mass is 9.77. The van der Waals surface area contributed by atoms with Gasteiger partial charge in [0.2, 0.25) is 0 Å². The van der Waals surface area contributed by atoms with Crippen molar-refractivity contribution in [1.29, 1.82) is 0 Å². The molecule has 0 bridgehead atoms. The molecule has 0 saturated heterocycles. The number of hydrogen-bond acceptors (Lipinski definition) is 4. The maximum atomic E-state index is 9.28. The molecule has 0 fully saturated rings. The van der Waals surface area contributed by atoms with Crippen LogP contribution in [0.1, 0.15) is 5.56 Å². The van der Waals surface area contributed by atoms with E-state index in [1.54, 1.807) is 31.4 Å². The highest BCUT2D eigenvalue weighted by Gasteiger charge is 2.15. The summed E-state index contributed by atoms with van der Waals surface area (Å²) in [5.41, 5.74) is 1.17. The molecule has 2 N–H and O–H groups in total. The average molecular weight is 258 g/mol. The second-order valence-corrected chi connectivity index (χ2v) is 4.01. The lowest BCUT2D eigenvalue weighted by Gasteiger charge is -2.12. The van der Waals surface area contributed by atoms with E-state index >= 15 is 0 Å². The summed E-state index contributed by atoms with van der Waals surface area (Å²) >= 11 is 0. The lowest BCUT2D eigenvalue weighted by molar-refractivity contribution is 0.285. The van der Waals surface area contributed by atoms with E-state index in [2.05, 4.69) is 0 Å². The van der Waals surface area contributed by atoms with Crippen molar-refractivity contribution in [2.45, 2.75) is 6.61 Å². The van der Waals surface area contributed by atoms with Gasteiger partial charge in [-0.3, -0.25) is 0 Å².